The van der Waals surface area contributed by atoms with Crippen molar-refractivity contribution in [3.05, 3.63) is 12.3 Å². The molecule has 0 aliphatic heterocycles. The van der Waals surface area contributed by atoms with Crippen LogP contribution in [0.15, 0.2) is 12.3 Å². The normalized spacial score (nSPS) is 12.7. The Kier molecular flexibility index (Phi) is 5.85. The summed E-state index contributed by atoms with van der Waals surface area (Å²) in [6, 6.07) is 1.76. The molecule has 0 aliphatic rings. The fourth-order valence-electron chi connectivity index (χ4n) is 2.17. The van der Waals surface area contributed by atoms with Gasteiger partial charge in [0.1, 0.15) is 5.82 Å². The van der Waals surface area contributed by atoms with Crippen LogP contribution in [0.25, 0.3) is 0 Å². The van der Waals surface area contributed by atoms with E-state index in [9.17, 15) is 4.79 Å². The maximum Gasteiger partial charge on any atom is 0.242 e. The van der Waals surface area contributed by atoms with E-state index in [1.165, 1.54) is 0 Å². The molecule has 0 saturated carbocycles. The molecule has 18 heavy (non-hydrogen) atoms. The molecule has 1 amide bonds. The number of anilines is 1. The molecule has 5 nitrogen and oxygen atoms in total. The molecule has 1 rings (SSSR count). The van der Waals surface area contributed by atoms with Crippen molar-refractivity contribution in [1.29, 1.82) is 0 Å². The van der Waals surface area contributed by atoms with Gasteiger partial charge in [-0.3, -0.25) is 9.69 Å². The number of nitrogens with one attached hydrogen (secondary N) is 1. The lowest BCUT2D eigenvalue weighted by Gasteiger charge is -2.27. The zero-order valence-electron chi connectivity index (χ0n) is 11.8. The number of amides is 1. The van der Waals surface area contributed by atoms with Crippen LogP contribution < -0.4 is 5.32 Å². The largest absolute Gasteiger partial charge is 0.310 e. The van der Waals surface area contributed by atoms with Crippen molar-refractivity contribution in [3.8, 4) is 0 Å². The van der Waals surface area contributed by atoms with Crippen LogP contribution in [0.4, 0.5) is 5.82 Å². The van der Waals surface area contributed by atoms with Gasteiger partial charge in [-0.05, 0) is 26.4 Å². The third-order valence-electron chi connectivity index (χ3n) is 3.21. The smallest absolute Gasteiger partial charge is 0.242 e. The third-order valence-corrected chi connectivity index (χ3v) is 3.21. The van der Waals surface area contributed by atoms with Crippen molar-refractivity contribution in [2.75, 3.05) is 18.4 Å². The molecule has 1 atom stereocenters. The summed E-state index contributed by atoms with van der Waals surface area (Å²) in [5, 5.41) is 7.11. The fourth-order valence-corrected chi connectivity index (χ4v) is 2.17. The van der Waals surface area contributed by atoms with Gasteiger partial charge >= 0.3 is 0 Å². The molecular weight excluding hydrogens is 228 g/mol. The molecule has 0 saturated heterocycles. The summed E-state index contributed by atoms with van der Waals surface area (Å²) in [4.78, 5) is 14.4. The minimum absolute atomic E-state index is 0.0522. The lowest BCUT2D eigenvalue weighted by Crippen LogP contribution is -2.43. The second-order valence-corrected chi connectivity index (χ2v) is 4.17. The van der Waals surface area contributed by atoms with Gasteiger partial charge in [0.25, 0.3) is 0 Å². The summed E-state index contributed by atoms with van der Waals surface area (Å²) < 4.78 is 1.78. The third kappa shape index (κ3) is 3.32. The van der Waals surface area contributed by atoms with Crippen molar-refractivity contribution < 1.29 is 4.79 Å². The maximum atomic E-state index is 12.3. The number of nitrogens with zero attached hydrogens (tertiary/aromatic N) is 3. The topological polar surface area (TPSA) is 50.2 Å². The standard InChI is InChI=1S/C13H24N4O/c1-5-11(16(6-2)7-3)13(18)15-12-9-10-14-17(12)8-4/h9-11H,5-8H2,1-4H3,(H,15,18). The molecule has 102 valence electrons. The van der Waals surface area contributed by atoms with Crippen molar-refractivity contribution in [3.63, 3.8) is 0 Å². The van der Waals surface area contributed by atoms with E-state index in [0.29, 0.717) is 0 Å². The average molecular weight is 252 g/mol. The Bertz CT molecular complexity index is 371. The molecule has 1 aromatic heterocycles. The van der Waals surface area contributed by atoms with Gasteiger partial charge in [-0.25, -0.2) is 4.68 Å². The Hall–Kier alpha value is -1.36. The maximum absolute atomic E-state index is 12.3. The monoisotopic (exact) mass is 252 g/mol. The number of aryl methyl sites for hydroxylation is 1. The molecule has 0 aromatic carbocycles. The van der Waals surface area contributed by atoms with Gasteiger partial charge in [-0.1, -0.05) is 20.8 Å². The first-order valence-corrected chi connectivity index (χ1v) is 6.74. The summed E-state index contributed by atoms with van der Waals surface area (Å²) in [6.45, 7) is 10.7. The van der Waals surface area contributed by atoms with Gasteiger partial charge < -0.3 is 5.32 Å². The Morgan fingerprint density at radius 3 is 2.56 bits per heavy atom. The molecule has 0 bridgehead atoms. The van der Waals surface area contributed by atoms with Gasteiger partial charge in [-0.2, -0.15) is 5.10 Å². The Balaban J connectivity index is 2.73. The van der Waals surface area contributed by atoms with Gasteiger partial charge in [0, 0.05) is 12.6 Å². The van der Waals surface area contributed by atoms with Crippen LogP contribution in [0, 0.1) is 0 Å². The number of rotatable bonds is 7. The highest BCUT2D eigenvalue weighted by Crippen LogP contribution is 2.10. The van der Waals surface area contributed by atoms with E-state index in [-0.39, 0.29) is 11.9 Å². The van der Waals surface area contributed by atoms with E-state index >= 15 is 0 Å². The van der Waals surface area contributed by atoms with E-state index in [2.05, 4.69) is 29.2 Å². The van der Waals surface area contributed by atoms with Gasteiger partial charge in [0.15, 0.2) is 0 Å². The Labute approximate surface area is 109 Å². The van der Waals surface area contributed by atoms with Crippen LogP contribution in [-0.2, 0) is 11.3 Å². The van der Waals surface area contributed by atoms with Gasteiger partial charge in [0.05, 0.1) is 12.2 Å². The number of hydrogen-bond donors (Lipinski definition) is 1. The van der Waals surface area contributed by atoms with Crippen LogP contribution in [0.5, 0.6) is 0 Å². The molecular formula is C13H24N4O. The molecule has 1 unspecified atom stereocenters. The number of hydrogen-bond acceptors (Lipinski definition) is 3. The van der Waals surface area contributed by atoms with E-state index < -0.39 is 0 Å². The molecule has 1 aromatic rings. The first-order chi connectivity index (χ1) is 8.67. The summed E-state index contributed by atoms with van der Waals surface area (Å²) in [5.41, 5.74) is 0. The van der Waals surface area contributed by atoms with E-state index in [1.54, 1.807) is 10.9 Å². The van der Waals surface area contributed by atoms with E-state index in [0.717, 1.165) is 31.9 Å². The minimum atomic E-state index is -0.0693. The molecule has 0 radical (unpaired) electrons. The number of carbonyl (C=O) groups is 1. The number of likely N-dealkylation sites (N-methyl/N-ethyl adjacent to an activating group) is 1. The summed E-state index contributed by atoms with van der Waals surface area (Å²) in [6.07, 6.45) is 2.52. The zero-order valence-corrected chi connectivity index (χ0v) is 11.8. The van der Waals surface area contributed by atoms with Crippen molar-refractivity contribution in [2.45, 2.75) is 46.7 Å². The van der Waals surface area contributed by atoms with Gasteiger partial charge in [-0.15, -0.1) is 0 Å². The quantitative estimate of drug-likeness (QED) is 0.807. The summed E-state index contributed by atoms with van der Waals surface area (Å²) in [7, 11) is 0. The fraction of sp³-hybridized carbons (Fsp3) is 0.692. The molecule has 0 spiro atoms. The first kappa shape index (κ1) is 14.7. The summed E-state index contributed by atoms with van der Waals surface area (Å²) in [5.74, 6) is 0.824. The SMILES string of the molecule is CCC(C(=O)Nc1ccnn1CC)N(CC)CC. The van der Waals surface area contributed by atoms with Crippen molar-refractivity contribution >= 4 is 11.7 Å². The molecule has 0 aliphatic carbocycles. The highest BCUT2D eigenvalue weighted by molar-refractivity contribution is 5.94. The predicted molar refractivity (Wildman–Crippen MR) is 73.5 cm³/mol. The van der Waals surface area contributed by atoms with E-state index in [4.69, 9.17) is 0 Å². The predicted octanol–water partition coefficient (Wildman–Crippen LogP) is 1.96. The Morgan fingerprint density at radius 1 is 1.39 bits per heavy atom. The van der Waals surface area contributed by atoms with Crippen LogP contribution in [-0.4, -0.2) is 39.7 Å². The van der Waals surface area contributed by atoms with Crippen LogP contribution in [0.1, 0.15) is 34.1 Å². The van der Waals surface area contributed by atoms with E-state index in [1.807, 2.05) is 19.9 Å². The Morgan fingerprint density at radius 2 is 2.06 bits per heavy atom. The highest BCUT2D eigenvalue weighted by Gasteiger charge is 2.22. The molecule has 1 heterocycles. The zero-order chi connectivity index (χ0) is 13.5. The lowest BCUT2D eigenvalue weighted by atomic mass is 10.1. The van der Waals surface area contributed by atoms with Gasteiger partial charge in [0.2, 0.25) is 5.91 Å². The lowest BCUT2D eigenvalue weighted by molar-refractivity contribution is -0.121. The minimum Gasteiger partial charge on any atom is -0.310 e. The molecule has 5 heteroatoms. The molecule has 0 fully saturated rings. The second kappa shape index (κ2) is 7.16. The van der Waals surface area contributed by atoms with Crippen molar-refractivity contribution in [2.24, 2.45) is 0 Å². The number of carbonyl (C=O) groups excluding carboxylic acids is 1. The van der Waals surface area contributed by atoms with Crippen molar-refractivity contribution in [1.82, 2.24) is 14.7 Å². The van der Waals surface area contributed by atoms with Crippen LogP contribution >= 0.6 is 0 Å². The van der Waals surface area contributed by atoms with Crippen LogP contribution in [0.3, 0.4) is 0 Å². The summed E-state index contributed by atoms with van der Waals surface area (Å²) >= 11 is 0. The number of aromatic nitrogens is 2. The second-order valence-electron chi connectivity index (χ2n) is 4.17. The average Bonchev–Trinajstić information content (AvgIpc) is 2.82. The first-order valence-electron chi connectivity index (χ1n) is 6.74. The van der Waals surface area contributed by atoms with Crippen LogP contribution in [0.2, 0.25) is 0 Å². The molecule has 1 N–H and O–H groups in total. The highest BCUT2D eigenvalue weighted by atomic mass is 16.2.